The number of ether oxygens (including phenoxy) is 2. The van der Waals surface area contributed by atoms with Crippen molar-refractivity contribution in [3.05, 3.63) is 59.9 Å². The van der Waals surface area contributed by atoms with Gasteiger partial charge in [0.05, 0.1) is 24.8 Å². The molecule has 0 saturated carbocycles. The van der Waals surface area contributed by atoms with Crippen molar-refractivity contribution in [2.45, 2.75) is 6.92 Å². The molecule has 0 spiro atoms. The number of carbonyl (C=O) groups is 2. The summed E-state index contributed by atoms with van der Waals surface area (Å²) < 4.78 is 9.91. The van der Waals surface area contributed by atoms with Crippen LogP contribution in [0.3, 0.4) is 0 Å². The Kier molecular flexibility index (Phi) is 4.16. The highest BCUT2D eigenvalue weighted by Gasteiger charge is 2.18. The zero-order valence-electron chi connectivity index (χ0n) is 14.9. The van der Waals surface area contributed by atoms with Crippen LogP contribution in [0.5, 0.6) is 0 Å². The topological polar surface area (TPSA) is 84.2 Å². The van der Waals surface area contributed by atoms with Gasteiger partial charge in [0.1, 0.15) is 5.69 Å². The number of H-pyrrole nitrogens is 2. The van der Waals surface area contributed by atoms with Crippen LogP contribution >= 0.6 is 0 Å². The fourth-order valence-corrected chi connectivity index (χ4v) is 3.27. The second kappa shape index (κ2) is 6.64. The van der Waals surface area contributed by atoms with E-state index in [1.54, 1.807) is 13.0 Å². The van der Waals surface area contributed by atoms with Crippen molar-refractivity contribution in [1.82, 2.24) is 9.97 Å². The van der Waals surface area contributed by atoms with Crippen LogP contribution in [0, 0.1) is 6.07 Å². The van der Waals surface area contributed by atoms with E-state index in [-0.39, 0.29) is 5.69 Å². The lowest BCUT2D eigenvalue weighted by molar-refractivity contribution is 0.0519. The molecule has 0 atom stereocenters. The minimum Gasteiger partial charge on any atom is -0.465 e. The zero-order chi connectivity index (χ0) is 19.0. The summed E-state index contributed by atoms with van der Waals surface area (Å²) in [4.78, 5) is 30.3. The van der Waals surface area contributed by atoms with E-state index in [1.165, 1.54) is 7.11 Å². The molecule has 0 amide bonds. The predicted octanol–water partition coefficient (Wildman–Crippen LogP) is 4.08. The van der Waals surface area contributed by atoms with Crippen molar-refractivity contribution >= 4 is 33.7 Å². The van der Waals surface area contributed by atoms with E-state index < -0.39 is 11.9 Å². The Morgan fingerprint density at radius 3 is 2.67 bits per heavy atom. The number of rotatable bonds is 4. The fraction of sp³-hybridized carbons (Fsp3) is 0.143. The van der Waals surface area contributed by atoms with Crippen molar-refractivity contribution < 1.29 is 19.1 Å². The molecule has 27 heavy (non-hydrogen) atoms. The van der Waals surface area contributed by atoms with Crippen molar-refractivity contribution in [1.29, 1.82) is 0 Å². The second-order valence-electron chi connectivity index (χ2n) is 6.00. The van der Waals surface area contributed by atoms with Gasteiger partial charge >= 0.3 is 11.9 Å². The van der Waals surface area contributed by atoms with Gasteiger partial charge in [-0.1, -0.05) is 24.3 Å². The lowest BCUT2D eigenvalue weighted by atomic mass is 10.00. The molecule has 0 aliphatic carbocycles. The number of carbonyl (C=O) groups excluding carboxylic acids is 2. The number of hydrogen-bond acceptors (Lipinski definition) is 4. The van der Waals surface area contributed by atoms with Gasteiger partial charge in [-0.05, 0) is 24.6 Å². The number of benzene rings is 2. The number of nitrogens with one attached hydrogen (secondary N) is 2. The van der Waals surface area contributed by atoms with Gasteiger partial charge in [0.15, 0.2) is 0 Å². The number of aromatic amines is 2. The number of aromatic nitrogens is 2. The van der Waals surface area contributed by atoms with Crippen LogP contribution in [0.25, 0.3) is 32.9 Å². The summed E-state index contributed by atoms with van der Waals surface area (Å²) in [6.45, 7) is 2.06. The first kappa shape index (κ1) is 16.9. The maximum Gasteiger partial charge on any atom is 0.355 e. The Morgan fingerprint density at radius 1 is 1.07 bits per heavy atom. The van der Waals surface area contributed by atoms with Crippen molar-refractivity contribution in [3.63, 3.8) is 0 Å². The third-order valence-electron chi connectivity index (χ3n) is 4.46. The van der Waals surface area contributed by atoms with Crippen LogP contribution in [0.1, 0.15) is 27.8 Å². The van der Waals surface area contributed by atoms with Gasteiger partial charge in [-0.2, -0.15) is 0 Å². The SMILES string of the molecule is CCOC(=O)c1[c]c2c(-c3c[nH]c4c(C(=O)OC)cccc34)cccc2[nH]1. The smallest absolute Gasteiger partial charge is 0.355 e. The number of esters is 2. The van der Waals surface area contributed by atoms with Crippen LogP contribution in [0.4, 0.5) is 0 Å². The van der Waals surface area contributed by atoms with Crippen LogP contribution < -0.4 is 0 Å². The van der Waals surface area contributed by atoms with Gasteiger partial charge in [0.2, 0.25) is 0 Å². The molecule has 4 aromatic rings. The largest absolute Gasteiger partial charge is 0.465 e. The molecule has 0 unspecified atom stereocenters. The molecule has 135 valence electrons. The summed E-state index contributed by atoms with van der Waals surface area (Å²) >= 11 is 0. The molecule has 0 saturated heterocycles. The molecular weight excluding hydrogens is 344 g/mol. The summed E-state index contributed by atoms with van der Waals surface area (Å²) in [6, 6.07) is 14.3. The molecule has 2 N–H and O–H groups in total. The second-order valence-corrected chi connectivity index (χ2v) is 6.00. The van der Waals surface area contributed by atoms with Gasteiger partial charge in [0, 0.05) is 34.1 Å². The standard InChI is InChI=1S/C21H17N2O4/c1-3-27-21(25)18-10-15-12(6-5-9-17(15)23-18)16-11-22-19-13(16)7-4-8-14(19)20(24)26-2/h4-9,11,22-23H,3H2,1-2H3. The Morgan fingerprint density at radius 2 is 1.89 bits per heavy atom. The average molecular weight is 361 g/mol. The molecule has 0 fully saturated rings. The van der Waals surface area contributed by atoms with Gasteiger partial charge in [-0.15, -0.1) is 0 Å². The minimum atomic E-state index is -0.438. The first-order chi connectivity index (χ1) is 13.1. The van der Waals surface area contributed by atoms with E-state index in [9.17, 15) is 9.59 Å². The number of fused-ring (bicyclic) bond motifs is 2. The van der Waals surface area contributed by atoms with Crippen LogP contribution in [-0.2, 0) is 9.47 Å². The van der Waals surface area contributed by atoms with Gasteiger partial charge in [0.25, 0.3) is 0 Å². The summed E-state index contributed by atoms with van der Waals surface area (Å²) in [6.07, 6.45) is 1.84. The first-order valence-corrected chi connectivity index (χ1v) is 8.54. The van der Waals surface area contributed by atoms with E-state index in [0.29, 0.717) is 17.7 Å². The van der Waals surface area contributed by atoms with Crippen molar-refractivity contribution in [2.75, 3.05) is 13.7 Å². The first-order valence-electron chi connectivity index (χ1n) is 8.54. The van der Waals surface area contributed by atoms with Crippen molar-refractivity contribution in [3.8, 4) is 11.1 Å². The Bertz CT molecular complexity index is 1170. The molecule has 0 aliphatic heterocycles. The molecule has 1 radical (unpaired) electrons. The zero-order valence-corrected chi connectivity index (χ0v) is 14.9. The summed E-state index contributed by atoms with van der Waals surface area (Å²) in [5, 5.41) is 1.67. The summed E-state index contributed by atoms with van der Waals surface area (Å²) in [5.74, 6) is -0.837. The molecule has 0 aliphatic rings. The highest BCUT2D eigenvalue weighted by atomic mass is 16.5. The normalized spacial score (nSPS) is 11.0. The Hall–Kier alpha value is -3.54. The lowest BCUT2D eigenvalue weighted by Crippen LogP contribution is -2.04. The van der Waals surface area contributed by atoms with Crippen LogP contribution in [0.15, 0.2) is 42.6 Å². The highest BCUT2D eigenvalue weighted by Crippen LogP contribution is 2.35. The van der Waals surface area contributed by atoms with E-state index in [0.717, 1.165) is 27.4 Å². The van der Waals surface area contributed by atoms with Crippen LogP contribution in [-0.4, -0.2) is 35.6 Å². The minimum absolute atomic E-state index is 0.286. The number of methoxy groups -OCH3 is 1. The quantitative estimate of drug-likeness (QED) is 0.537. The lowest BCUT2D eigenvalue weighted by Gasteiger charge is -2.04. The van der Waals surface area contributed by atoms with Gasteiger partial charge < -0.3 is 19.4 Å². The third kappa shape index (κ3) is 2.75. The highest BCUT2D eigenvalue weighted by molar-refractivity contribution is 6.11. The molecule has 6 heteroatoms. The average Bonchev–Trinajstić information content (AvgIpc) is 3.31. The van der Waals surface area contributed by atoms with Crippen molar-refractivity contribution in [2.24, 2.45) is 0 Å². The number of hydrogen-bond donors (Lipinski definition) is 2. The molecule has 2 heterocycles. The van der Waals surface area contributed by atoms with E-state index >= 15 is 0 Å². The summed E-state index contributed by atoms with van der Waals surface area (Å²) in [7, 11) is 1.36. The van der Waals surface area contributed by atoms with Crippen LogP contribution in [0.2, 0.25) is 0 Å². The Balaban J connectivity index is 1.90. The molecule has 4 rings (SSSR count). The van der Waals surface area contributed by atoms with E-state index in [4.69, 9.17) is 9.47 Å². The number of para-hydroxylation sites is 1. The maximum absolute atomic E-state index is 12.0. The summed E-state index contributed by atoms with van der Waals surface area (Å²) in [5.41, 5.74) is 4.05. The van der Waals surface area contributed by atoms with Gasteiger partial charge in [-0.25, -0.2) is 9.59 Å². The van der Waals surface area contributed by atoms with E-state index in [1.807, 2.05) is 36.5 Å². The molecule has 6 nitrogen and oxygen atoms in total. The molecule has 0 bridgehead atoms. The Labute approximate surface area is 155 Å². The molecule has 2 aromatic carbocycles. The third-order valence-corrected chi connectivity index (χ3v) is 4.46. The van der Waals surface area contributed by atoms with Gasteiger partial charge in [-0.3, -0.25) is 0 Å². The fourth-order valence-electron chi connectivity index (χ4n) is 3.27. The monoisotopic (exact) mass is 361 g/mol. The van der Waals surface area contributed by atoms with E-state index in [2.05, 4.69) is 16.0 Å². The molecular formula is C21H17N2O4. The molecule has 2 aromatic heterocycles. The predicted molar refractivity (Wildman–Crippen MR) is 102 cm³/mol. The maximum atomic E-state index is 12.0.